The van der Waals surface area contributed by atoms with E-state index in [9.17, 15) is 5.11 Å². The first-order valence-corrected chi connectivity index (χ1v) is 7.57. The van der Waals surface area contributed by atoms with E-state index in [1.165, 1.54) is 0 Å². The molecule has 2 aromatic carbocycles. The Hall–Kier alpha value is -2.11. The summed E-state index contributed by atoms with van der Waals surface area (Å²) >= 11 is 6.06. The Kier molecular flexibility index (Phi) is 4.50. The molecule has 5 nitrogen and oxygen atoms in total. The molecule has 0 saturated carbocycles. The lowest BCUT2D eigenvalue weighted by atomic mass is 10.1. The van der Waals surface area contributed by atoms with Gasteiger partial charge >= 0.3 is 0 Å². The van der Waals surface area contributed by atoms with E-state index in [1.807, 2.05) is 25.2 Å². The normalized spacial score (nSPS) is 12.7. The van der Waals surface area contributed by atoms with E-state index in [2.05, 4.69) is 4.90 Å². The molecular formula is C17H18ClNO4. The van der Waals surface area contributed by atoms with Crippen molar-refractivity contribution in [1.82, 2.24) is 4.90 Å². The molecule has 0 aliphatic carbocycles. The summed E-state index contributed by atoms with van der Waals surface area (Å²) in [6, 6.07) is 8.93. The second-order valence-electron chi connectivity index (χ2n) is 5.46. The minimum absolute atomic E-state index is 0.188. The molecule has 0 radical (unpaired) electrons. The summed E-state index contributed by atoms with van der Waals surface area (Å²) in [7, 11) is 3.60. The minimum atomic E-state index is 0.188. The molecule has 1 heterocycles. The zero-order chi connectivity index (χ0) is 16.4. The van der Waals surface area contributed by atoms with E-state index in [-0.39, 0.29) is 12.5 Å². The Morgan fingerprint density at radius 1 is 1.13 bits per heavy atom. The number of ether oxygens (including phenoxy) is 3. The van der Waals surface area contributed by atoms with Crippen LogP contribution in [0.5, 0.6) is 23.0 Å². The summed E-state index contributed by atoms with van der Waals surface area (Å²) in [5.74, 6) is 2.22. The highest BCUT2D eigenvalue weighted by Crippen LogP contribution is 2.38. The third-order valence-corrected chi connectivity index (χ3v) is 3.93. The Morgan fingerprint density at radius 3 is 2.57 bits per heavy atom. The SMILES string of the molecule is COc1ccc(Cl)cc1CN(C)Cc1cc2c(cc1O)OCO2. The second kappa shape index (κ2) is 6.56. The Balaban J connectivity index is 1.75. The summed E-state index contributed by atoms with van der Waals surface area (Å²) in [6.07, 6.45) is 0. The van der Waals surface area contributed by atoms with E-state index >= 15 is 0 Å². The zero-order valence-electron chi connectivity index (χ0n) is 13.0. The first kappa shape index (κ1) is 15.8. The second-order valence-corrected chi connectivity index (χ2v) is 5.90. The molecule has 0 bridgehead atoms. The van der Waals surface area contributed by atoms with Gasteiger partial charge in [-0.15, -0.1) is 0 Å². The van der Waals surface area contributed by atoms with Crippen LogP contribution in [-0.2, 0) is 13.1 Å². The molecule has 3 rings (SSSR count). The molecule has 0 aromatic heterocycles. The van der Waals surface area contributed by atoms with Gasteiger partial charge in [0.15, 0.2) is 11.5 Å². The van der Waals surface area contributed by atoms with Crippen LogP contribution in [0.1, 0.15) is 11.1 Å². The summed E-state index contributed by atoms with van der Waals surface area (Å²) in [4.78, 5) is 2.06. The smallest absolute Gasteiger partial charge is 0.231 e. The molecule has 0 fully saturated rings. The molecule has 0 spiro atoms. The standard InChI is InChI=1S/C17H18ClNO4/c1-19(9-12-5-13(18)3-4-15(12)21-2)8-11-6-16-17(7-14(11)20)23-10-22-16/h3-7,20H,8-10H2,1-2H3. The van der Waals surface area contributed by atoms with Gasteiger partial charge in [0.2, 0.25) is 6.79 Å². The fourth-order valence-electron chi connectivity index (χ4n) is 2.61. The van der Waals surface area contributed by atoms with Crippen LogP contribution in [0.15, 0.2) is 30.3 Å². The number of hydrogen-bond acceptors (Lipinski definition) is 5. The van der Waals surface area contributed by atoms with Gasteiger partial charge in [-0.3, -0.25) is 4.90 Å². The van der Waals surface area contributed by atoms with Gasteiger partial charge in [-0.1, -0.05) is 11.6 Å². The van der Waals surface area contributed by atoms with Crippen molar-refractivity contribution in [1.29, 1.82) is 0 Å². The minimum Gasteiger partial charge on any atom is -0.507 e. The van der Waals surface area contributed by atoms with Gasteiger partial charge in [0, 0.05) is 35.3 Å². The van der Waals surface area contributed by atoms with Crippen molar-refractivity contribution in [3.63, 3.8) is 0 Å². The van der Waals surface area contributed by atoms with Crippen molar-refractivity contribution < 1.29 is 19.3 Å². The summed E-state index contributed by atoms with van der Waals surface area (Å²) in [5, 5.41) is 10.8. The fourth-order valence-corrected chi connectivity index (χ4v) is 2.80. The Labute approximate surface area is 140 Å². The number of phenols is 1. The topological polar surface area (TPSA) is 51.2 Å². The average Bonchev–Trinajstić information content (AvgIpc) is 2.95. The van der Waals surface area contributed by atoms with E-state index in [0.717, 1.165) is 16.9 Å². The highest BCUT2D eigenvalue weighted by Gasteiger charge is 2.18. The first-order chi connectivity index (χ1) is 11.1. The van der Waals surface area contributed by atoms with Crippen LogP contribution in [-0.4, -0.2) is 31.0 Å². The van der Waals surface area contributed by atoms with Gasteiger partial charge in [-0.25, -0.2) is 0 Å². The third kappa shape index (κ3) is 3.46. The molecule has 23 heavy (non-hydrogen) atoms. The summed E-state index contributed by atoms with van der Waals surface area (Å²) in [6.45, 7) is 1.38. The van der Waals surface area contributed by atoms with Crippen molar-refractivity contribution in [2.45, 2.75) is 13.1 Å². The zero-order valence-corrected chi connectivity index (χ0v) is 13.8. The van der Waals surface area contributed by atoms with Gasteiger partial charge in [-0.05, 0) is 31.3 Å². The maximum absolute atomic E-state index is 10.1. The number of phenolic OH excluding ortho intramolecular Hbond substituents is 1. The molecule has 0 amide bonds. The number of nitrogens with zero attached hydrogens (tertiary/aromatic N) is 1. The first-order valence-electron chi connectivity index (χ1n) is 7.19. The lowest BCUT2D eigenvalue weighted by Gasteiger charge is -2.19. The van der Waals surface area contributed by atoms with E-state index < -0.39 is 0 Å². The predicted octanol–water partition coefficient (Wildman–Crippen LogP) is 3.41. The van der Waals surface area contributed by atoms with E-state index in [1.54, 1.807) is 19.2 Å². The van der Waals surface area contributed by atoms with Crippen LogP contribution in [0, 0.1) is 0 Å². The van der Waals surface area contributed by atoms with Crippen molar-refractivity contribution in [3.8, 4) is 23.0 Å². The van der Waals surface area contributed by atoms with Gasteiger partial charge < -0.3 is 19.3 Å². The predicted molar refractivity (Wildman–Crippen MR) is 87.4 cm³/mol. The maximum atomic E-state index is 10.1. The molecule has 0 atom stereocenters. The van der Waals surface area contributed by atoms with Crippen LogP contribution in [0.25, 0.3) is 0 Å². The molecular weight excluding hydrogens is 318 g/mol. The Morgan fingerprint density at radius 2 is 1.83 bits per heavy atom. The lowest BCUT2D eigenvalue weighted by molar-refractivity contribution is 0.174. The van der Waals surface area contributed by atoms with Crippen LogP contribution < -0.4 is 14.2 Å². The molecule has 1 aliphatic rings. The van der Waals surface area contributed by atoms with Gasteiger partial charge in [0.05, 0.1) is 7.11 Å². The van der Waals surface area contributed by atoms with Crippen molar-refractivity contribution in [2.24, 2.45) is 0 Å². The number of fused-ring (bicyclic) bond motifs is 1. The number of aromatic hydroxyl groups is 1. The van der Waals surface area contributed by atoms with Crippen LogP contribution in [0.4, 0.5) is 0 Å². The molecule has 1 aliphatic heterocycles. The highest BCUT2D eigenvalue weighted by atomic mass is 35.5. The molecule has 2 aromatic rings. The molecule has 122 valence electrons. The van der Waals surface area contributed by atoms with Crippen LogP contribution in [0.2, 0.25) is 5.02 Å². The fraction of sp³-hybridized carbons (Fsp3) is 0.294. The largest absolute Gasteiger partial charge is 0.507 e. The molecule has 1 N–H and O–H groups in total. The number of hydrogen-bond donors (Lipinski definition) is 1. The van der Waals surface area contributed by atoms with Gasteiger partial charge in [-0.2, -0.15) is 0 Å². The van der Waals surface area contributed by atoms with Crippen molar-refractivity contribution in [2.75, 3.05) is 21.0 Å². The number of rotatable bonds is 5. The van der Waals surface area contributed by atoms with Crippen molar-refractivity contribution in [3.05, 3.63) is 46.5 Å². The van der Waals surface area contributed by atoms with Crippen molar-refractivity contribution >= 4 is 11.6 Å². The summed E-state index contributed by atoms with van der Waals surface area (Å²) in [5.41, 5.74) is 1.76. The average molecular weight is 336 g/mol. The molecule has 0 saturated heterocycles. The van der Waals surface area contributed by atoms with Crippen LogP contribution >= 0.6 is 11.6 Å². The number of methoxy groups -OCH3 is 1. The third-order valence-electron chi connectivity index (χ3n) is 3.70. The quantitative estimate of drug-likeness (QED) is 0.907. The number of halogens is 1. The van der Waals surface area contributed by atoms with Crippen LogP contribution in [0.3, 0.4) is 0 Å². The van der Waals surface area contributed by atoms with Gasteiger partial charge in [0.1, 0.15) is 11.5 Å². The highest BCUT2D eigenvalue weighted by molar-refractivity contribution is 6.30. The summed E-state index contributed by atoms with van der Waals surface area (Å²) < 4.78 is 16.0. The molecule has 6 heteroatoms. The molecule has 0 unspecified atom stereocenters. The Bertz CT molecular complexity index is 720. The van der Waals surface area contributed by atoms with E-state index in [4.69, 9.17) is 25.8 Å². The number of benzene rings is 2. The monoisotopic (exact) mass is 335 g/mol. The van der Waals surface area contributed by atoms with Gasteiger partial charge in [0.25, 0.3) is 0 Å². The van der Waals surface area contributed by atoms with E-state index in [0.29, 0.717) is 29.6 Å². The lowest BCUT2D eigenvalue weighted by Crippen LogP contribution is -2.17. The maximum Gasteiger partial charge on any atom is 0.231 e.